The number of unbranched alkanes of at least 4 members (excludes halogenated alkanes) is 11. The molecule has 1 atom stereocenters. The molecule has 0 amide bonds. The van der Waals surface area contributed by atoms with Crippen LogP contribution in [0.3, 0.4) is 0 Å². The maximum atomic E-state index is 11.2. The number of carbonyl (C=O) groups is 1. The molecule has 0 aromatic heterocycles. The molecule has 0 N–H and O–H groups in total. The van der Waals surface area contributed by atoms with Gasteiger partial charge in [0.1, 0.15) is 0 Å². The van der Waals surface area contributed by atoms with Gasteiger partial charge in [-0.05, 0) is 6.42 Å². The Morgan fingerprint density at radius 1 is 0.900 bits per heavy atom. The lowest BCUT2D eigenvalue weighted by atomic mass is 10.1. The van der Waals surface area contributed by atoms with E-state index in [1.165, 1.54) is 70.6 Å². The lowest BCUT2D eigenvalue weighted by Crippen LogP contribution is -2.12. The molecule has 1 rings (SSSR count). The molecule has 0 aliphatic carbocycles. The van der Waals surface area contributed by atoms with Gasteiger partial charge in [-0.3, -0.25) is 0 Å². The minimum Gasteiger partial charge on any atom is -0.464 e. The van der Waals surface area contributed by atoms with Crippen molar-refractivity contribution in [3.63, 3.8) is 0 Å². The molecule has 118 valence electrons. The highest BCUT2D eigenvalue weighted by Crippen LogP contribution is 2.13. The predicted octanol–water partition coefficient (Wildman–Crippen LogP) is 4.63. The number of rotatable bonds is 14. The first-order valence-electron chi connectivity index (χ1n) is 8.63. The summed E-state index contributed by atoms with van der Waals surface area (Å²) in [7, 11) is 0. The van der Waals surface area contributed by atoms with E-state index in [4.69, 9.17) is 9.47 Å². The van der Waals surface area contributed by atoms with Crippen LogP contribution in [0.1, 0.15) is 84.0 Å². The van der Waals surface area contributed by atoms with Crippen molar-refractivity contribution in [2.24, 2.45) is 0 Å². The molecule has 20 heavy (non-hydrogen) atoms. The SMILES string of the molecule is CCCCCCCCCCCCCCOC(=O)C1CO1. The van der Waals surface area contributed by atoms with Gasteiger partial charge in [0.05, 0.1) is 13.2 Å². The van der Waals surface area contributed by atoms with E-state index in [1.54, 1.807) is 0 Å². The van der Waals surface area contributed by atoms with Gasteiger partial charge in [0.2, 0.25) is 0 Å². The predicted molar refractivity (Wildman–Crippen MR) is 81.8 cm³/mol. The number of esters is 1. The molecule has 3 heteroatoms. The van der Waals surface area contributed by atoms with E-state index >= 15 is 0 Å². The number of carbonyl (C=O) groups excluding carboxylic acids is 1. The second-order valence-corrected chi connectivity index (χ2v) is 5.88. The minimum absolute atomic E-state index is 0.173. The highest BCUT2D eigenvalue weighted by molar-refractivity contribution is 5.76. The highest BCUT2D eigenvalue weighted by Gasteiger charge is 2.32. The monoisotopic (exact) mass is 284 g/mol. The van der Waals surface area contributed by atoms with Crippen LogP contribution < -0.4 is 0 Å². The van der Waals surface area contributed by atoms with Crippen molar-refractivity contribution in [2.75, 3.05) is 13.2 Å². The zero-order valence-electron chi connectivity index (χ0n) is 13.2. The summed E-state index contributed by atoms with van der Waals surface area (Å²) >= 11 is 0. The Morgan fingerprint density at radius 3 is 1.80 bits per heavy atom. The van der Waals surface area contributed by atoms with Crippen LogP contribution in [0.5, 0.6) is 0 Å². The number of epoxide rings is 1. The molecule has 0 spiro atoms. The Bertz CT molecular complexity index is 236. The Balaban J connectivity index is 1.67. The Labute approximate surface area is 124 Å². The Morgan fingerprint density at radius 2 is 1.35 bits per heavy atom. The van der Waals surface area contributed by atoms with Gasteiger partial charge in [0, 0.05) is 0 Å². The van der Waals surface area contributed by atoms with Gasteiger partial charge in [-0.2, -0.15) is 0 Å². The third-order valence-electron chi connectivity index (χ3n) is 3.84. The Kier molecular flexibility index (Phi) is 10.7. The van der Waals surface area contributed by atoms with E-state index < -0.39 is 0 Å². The normalized spacial score (nSPS) is 17.1. The fourth-order valence-corrected chi connectivity index (χ4v) is 2.39. The molecular formula is C17H32O3. The van der Waals surface area contributed by atoms with Crippen LogP contribution in [0.2, 0.25) is 0 Å². The van der Waals surface area contributed by atoms with Gasteiger partial charge in [-0.1, -0.05) is 77.6 Å². The number of hydrogen-bond acceptors (Lipinski definition) is 3. The summed E-state index contributed by atoms with van der Waals surface area (Å²) in [4.78, 5) is 11.2. The lowest BCUT2D eigenvalue weighted by Gasteiger charge is -2.04. The third kappa shape index (κ3) is 10.2. The van der Waals surface area contributed by atoms with E-state index in [9.17, 15) is 4.79 Å². The van der Waals surface area contributed by atoms with Crippen molar-refractivity contribution >= 4 is 5.97 Å². The average Bonchev–Trinajstić information content (AvgIpc) is 3.28. The van der Waals surface area contributed by atoms with E-state index in [0.29, 0.717) is 13.2 Å². The van der Waals surface area contributed by atoms with Crippen molar-refractivity contribution in [3.05, 3.63) is 0 Å². The fraction of sp³-hybridized carbons (Fsp3) is 0.941. The summed E-state index contributed by atoms with van der Waals surface area (Å²) in [5.41, 5.74) is 0. The molecule has 1 heterocycles. The van der Waals surface area contributed by atoms with Gasteiger partial charge in [0.25, 0.3) is 0 Å². The van der Waals surface area contributed by atoms with Crippen molar-refractivity contribution in [1.82, 2.24) is 0 Å². The van der Waals surface area contributed by atoms with E-state index in [-0.39, 0.29) is 12.1 Å². The standard InChI is InChI=1S/C17H32O3/c1-2-3-4-5-6-7-8-9-10-11-12-13-14-19-17(18)16-15-20-16/h16H,2-15H2,1H3. The summed E-state index contributed by atoms with van der Waals surface area (Å²) in [5.74, 6) is -0.173. The van der Waals surface area contributed by atoms with E-state index in [0.717, 1.165) is 6.42 Å². The zero-order valence-corrected chi connectivity index (χ0v) is 13.2. The maximum Gasteiger partial charge on any atom is 0.337 e. The first-order valence-corrected chi connectivity index (χ1v) is 8.63. The number of ether oxygens (including phenoxy) is 2. The summed E-state index contributed by atoms with van der Waals surface area (Å²) in [6.45, 7) is 3.38. The second-order valence-electron chi connectivity index (χ2n) is 5.88. The van der Waals surface area contributed by atoms with Crippen molar-refractivity contribution in [2.45, 2.75) is 90.1 Å². The van der Waals surface area contributed by atoms with Crippen LogP contribution in [0.4, 0.5) is 0 Å². The number of hydrogen-bond donors (Lipinski definition) is 0. The summed E-state index contributed by atoms with van der Waals surface area (Å²) in [6, 6.07) is 0. The van der Waals surface area contributed by atoms with Gasteiger partial charge in [-0.25, -0.2) is 4.79 Å². The molecule has 1 aliphatic rings. The van der Waals surface area contributed by atoms with Crippen LogP contribution >= 0.6 is 0 Å². The summed E-state index contributed by atoms with van der Waals surface area (Å²) < 4.78 is 9.95. The molecule has 1 saturated heterocycles. The Hall–Kier alpha value is -0.570. The van der Waals surface area contributed by atoms with E-state index in [1.807, 2.05) is 0 Å². The van der Waals surface area contributed by atoms with Crippen LogP contribution in [0.25, 0.3) is 0 Å². The molecule has 0 aromatic carbocycles. The maximum absolute atomic E-state index is 11.2. The molecule has 1 aliphatic heterocycles. The molecule has 0 bridgehead atoms. The molecule has 1 fully saturated rings. The van der Waals surface area contributed by atoms with Crippen LogP contribution in [0, 0.1) is 0 Å². The smallest absolute Gasteiger partial charge is 0.337 e. The largest absolute Gasteiger partial charge is 0.464 e. The van der Waals surface area contributed by atoms with Crippen LogP contribution in [0.15, 0.2) is 0 Å². The first-order chi connectivity index (χ1) is 9.84. The quantitative estimate of drug-likeness (QED) is 0.265. The highest BCUT2D eigenvalue weighted by atomic mass is 16.6. The van der Waals surface area contributed by atoms with Crippen LogP contribution in [-0.2, 0) is 14.3 Å². The van der Waals surface area contributed by atoms with Gasteiger partial charge >= 0.3 is 5.97 Å². The van der Waals surface area contributed by atoms with Crippen molar-refractivity contribution < 1.29 is 14.3 Å². The topological polar surface area (TPSA) is 38.8 Å². The molecule has 0 aromatic rings. The average molecular weight is 284 g/mol. The van der Waals surface area contributed by atoms with E-state index in [2.05, 4.69) is 6.92 Å². The molecule has 0 saturated carbocycles. The summed E-state index contributed by atoms with van der Waals surface area (Å²) in [5, 5.41) is 0. The fourth-order valence-electron chi connectivity index (χ4n) is 2.39. The van der Waals surface area contributed by atoms with Crippen molar-refractivity contribution in [3.8, 4) is 0 Å². The van der Waals surface area contributed by atoms with Gasteiger partial charge < -0.3 is 9.47 Å². The van der Waals surface area contributed by atoms with Gasteiger partial charge in [-0.15, -0.1) is 0 Å². The molecule has 3 nitrogen and oxygen atoms in total. The van der Waals surface area contributed by atoms with Crippen molar-refractivity contribution in [1.29, 1.82) is 0 Å². The first kappa shape index (κ1) is 17.5. The lowest BCUT2D eigenvalue weighted by molar-refractivity contribution is -0.145. The molecular weight excluding hydrogens is 252 g/mol. The van der Waals surface area contributed by atoms with Gasteiger partial charge in [0.15, 0.2) is 6.10 Å². The third-order valence-corrected chi connectivity index (χ3v) is 3.84. The molecule has 1 unspecified atom stereocenters. The summed E-state index contributed by atoms with van der Waals surface area (Å²) in [6.07, 6.45) is 15.7. The molecule has 0 radical (unpaired) electrons. The zero-order chi connectivity index (χ0) is 14.5. The minimum atomic E-state index is -0.243. The van der Waals surface area contributed by atoms with Crippen LogP contribution in [-0.4, -0.2) is 25.3 Å². The second kappa shape index (κ2) is 12.2.